The van der Waals surface area contributed by atoms with Crippen LogP contribution in [0.25, 0.3) is 0 Å². The monoisotopic (exact) mass is 1010 g/mol. The van der Waals surface area contributed by atoms with E-state index < -0.39 is 67.3 Å². The molecule has 12 heteroatoms. The van der Waals surface area contributed by atoms with Crippen LogP contribution in [0.5, 0.6) is 0 Å². The third-order valence-corrected chi connectivity index (χ3v) is 13.8. The van der Waals surface area contributed by atoms with Crippen molar-refractivity contribution in [1.82, 2.24) is 0 Å². The van der Waals surface area contributed by atoms with Gasteiger partial charge in [-0.05, 0) is 44.9 Å². The molecule has 0 radical (unpaired) electrons. The minimum atomic E-state index is -1.89. The number of ether oxygens (including phenoxy) is 5. The molecule has 3 N–H and O–H groups in total. The van der Waals surface area contributed by atoms with Crippen LogP contribution in [-0.4, -0.2) is 89.2 Å². The van der Waals surface area contributed by atoms with Crippen LogP contribution >= 0.6 is 0 Å². The molecule has 1 rings (SSSR count). The Morgan fingerprint density at radius 3 is 1.20 bits per heavy atom. The zero-order valence-corrected chi connectivity index (χ0v) is 45.7. The van der Waals surface area contributed by atoms with Gasteiger partial charge in [-0.1, -0.05) is 238 Å². The number of carbonyl (C=O) groups excluding carboxylic acids is 3. The van der Waals surface area contributed by atoms with Gasteiger partial charge in [0.05, 0.1) is 6.61 Å². The van der Waals surface area contributed by atoms with Crippen molar-refractivity contribution in [1.29, 1.82) is 0 Å². The summed E-state index contributed by atoms with van der Waals surface area (Å²) >= 11 is 0. The summed E-state index contributed by atoms with van der Waals surface area (Å²) in [5, 5.41) is 31.4. The maximum absolute atomic E-state index is 13.1. The van der Waals surface area contributed by atoms with E-state index in [0.29, 0.717) is 19.3 Å². The molecule has 71 heavy (non-hydrogen) atoms. The van der Waals surface area contributed by atoms with Crippen LogP contribution in [-0.2, 0) is 42.9 Å². The SMILES string of the molecule is CCCCCCCC/C=C\CCCCCCCCCC(=O)OCC(COC1OC(C(=O)O)C(O)C(O)C1OC(=O)CCCCCCCCCCC)OC(=O)CCCCCCCCCCCCCCCCC. The van der Waals surface area contributed by atoms with E-state index in [4.69, 9.17) is 23.7 Å². The van der Waals surface area contributed by atoms with Gasteiger partial charge in [0.1, 0.15) is 18.8 Å². The minimum absolute atomic E-state index is 0.0665. The topological polar surface area (TPSA) is 175 Å². The zero-order valence-electron chi connectivity index (χ0n) is 45.7. The predicted octanol–water partition coefficient (Wildman–Crippen LogP) is 14.9. The van der Waals surface area contributed by atoms with Crippen LogP contribution < -0.4 is 0 Å². The molecule has 1 aliphatic heterocycles. The summed E-state index contributed by atoms with van der Waals surface area (Å²) in [6.07, 6.45) is 40.5. The molecule has 0 aromatic rings. The van der Waals surface area contributed by atoms with Crippen molar-refractivity contribution >= 4 is 23.9 Å². The lowest BCUT2D eigenvalue weighted by atomic mass is 9.98. The summed E-state index contributed by atoms with van der Waals surface area (Å²) in [5.41, 5.74) is 0. The first-order valence-corrected chi connectivity index (χ1v) is 29.7. The number of carbonyl (C=O) groups is 4. The predicted molar refractivity (Wildman–Crippen MR) is 285 cm³/mol. The number of unbranched alkanes of at least 4 members (excludes halogenated alkanes) is 35. The van der Waals surface area contributed by atoms with Crippen LogP contribution in [0.2, 0.25) is 0 Å². The standard InChI is InChI=1S/C59H108O12/c1-4-7-10-13-16-19-21-23-25-26-28-29-31-34-36-39-42-45-51(60)67-48-50(69-52(61)46-43-40-38-35-32-30-27-24-22-20-17-14-11-8-5-2)49-68-59-57(55(64)54(63)56(71-59)58(65)66)70-53(62)47-44-41-37-33-18-15-12-9-6-3/h23,25,50,54-57,59,63-64H,4-22,24,26-49H2,1-3H3,(H,65,66)/b25-23-. The Kier molecular flexibility index (Phi) is 45.3. The molecule has 0 aromatic carbocycles. The maximum atomic E-state index is 13.1. The Morgan fingerprint density at radius 1 is 0.451 bits per heavy atom. The van der Waals surface area contributed by atoms with Gasteiger partial charge in [0.2, 0.25) is 0 Å². The summed E-state index contributed by atoms with van der Waals surface area (Å²) < 4.78 is 28.4. The van der Waals surface area contributed by atoms with Gasteiger partial charge in [0.25, 0.3) is 0 Å². The van der Waals surface area contributed by atoms with Crippen molar-refractivity contribution in [3.05, 3.63) is 12.2 Å². The van der Waals surface area contributed by atoms with Gasteiger partial charge in [0, 0.05) is 19.3 Å². The van der Waals surface area contributed by atoms with Crippen molar-refractivity contribution < 1.29 is 58.2 Å². The third-order valence-electron chi connectivity index (χ3n) is 13.8. The molecule has 6 unspecified atom stereocenters. The van der Waals surface area contributed by atoms with E-state index in [1.165, 1.54) is 161 Å². The third kappa shape index (κ3) is 38.7. The molecule has 12 nitrogen and oxygen atoms in total. The highest BCUT2D eigenvalue weighted by Crippen LogP contribution is 2.27. The number of hydrogen-bond donors (Lipinski definition) is 3. The van der Waals surface area contributed by atoms with Crippen LogP contribution in [0, 0.1) is 0 Å². The summed E-state index contributed by atoms with van der Waals surface area (Å²) in [6.45, 7) is 5.98. The van der Waals surface area contributed by atoms with E-state index in [0.717, 1.165) is 70.6 Å². The van der Waals surface area contributed by atoms with E-state index in [1.54, 1.807) is 0 Å². The van der Waals surface area contributed by atoms with Gasteiger partial charge in [-0.3, -0.25) is 14.4 Å². The maximum Gasteiger partial charge on any atom is 0.335 e. The molecule has 416 valence electrons. The number of esters is 3. The minimum Gasteiger partial charge on any atom is -0.479 e. The molecule has 0 spiro atoms. The smallest absolute Gasteiger partial charge is 0.335 e. The second-order valence-electron chi connectivity index (χ2n) is 20.6. The van der Waals surface area contributed by atoms with Crippen LogP contribution in [0.4, 0.5) is 0 Å². The molecule has 0 bridgehead atoms. The number of carboxylic acids is 1. The normalized spacial score (nSPS) is 18.5. The van der Waals surface area contributed by atoms with E-state index in [-0.39, 0.29) is 25.9 Å². The fourth-order valence-corrected chi connectivity index (χ4v) is 9.25. The Hall–Kier alpha value is -2.54. The summed E-state index contributed by atoms with van der Waals surface area (Å²) in [4.78, 5) is 51.0. The average Bonchev–Trinajstić information content (AvgIpc) is 3.35. The van der Waals surface area contributed by atoms with Gasteiger partial charge >= 0.3 is 23.9 Å². The quantitative estimate of drug-likeness (QED) is 0.0228. The number of aliphatic hydroxyl groups excluding tert-OH is 2. The number of carboxylic acid groups (broad SMARTS) is 1. The Morgan fingerprint density at radius 2 is 0.803 bits per heavy atom. The Bertz CT molecular complexity index is 1290. The van der Waals surface area contributed by atoms with Crippen molar-refractivity contribution in [3.63, 3.8) is 0 Å². The molecule has 0 amide bonds. The van der Waals surface area contributed by atoms with E-state index in [2.05, 4.69) is 32.9 Å². The number of hydrogen-bond acceptors (Lipinski definition) is 11. The molecular formula is C59H108O12. The Balaban J connectivity index is 2.65. The zero-order chi connectivity index (χ0) is 51.8. The average molecular weight is 1010 g/mol. The van der Waals surface area contributed by atoms with Crippen molar-refractivity contribution in [2.75, 3.05) is 13.2 Å². The molecule has 1 heterocycles. The Labute approximate surface area is 433 Å². The lowest BCUT2D eigenvalue weighted by molar-refractivity contribution is -0.301. The van der Waals surface area contributed by atoms with Gasteiger partial charge < -0.3 is 39.0 Å². The largest absolute Gasteiger partial charge is 0.479 e. The number of aliphatic carboxylic acids is 1. The molecule has 0 aliphatic carbocycles. The number of aliphatic hydroxyl groups is 2. The van der Waals surface area contributed by atoms with Crippen LogP contribution in [0.1, 0.15) is 290 Å². The molecule has 0 aromatic heterocycles. The fraction of sp³-hybridized carbons (Fsp3) is 0.898. The summed E-state index contributed by atoms with van der Waals surface area (Å²) in [6, 6.07) is 0. The lowest BCUT2D eigenvalue weighted by Gasteiger charge is -2.40. The summed E-state index contributed by atoms with van der Waals surface area (Å²) in [7, 11) is 0. The van der Waals surface area contributed by atoms with Gasteiger partial charge in [-0.15, -0.1) is 0 Å². The van der Waals surface area contributed by atoms with Gasteiger partial charge in [-0.2, -0.15) is 0 Å². The van der Waals surface area contributed by atoms with Gasteiger partial charge in [-0.25, -0.2) is 4.79 Å². The lowest BCUT2D eigenvalue weighted by Crippen LogP contribution is -2.61. The van der Waals surface area contributed by atoms with E-state index >= 15 is 0 Å². The molecular weight excluding hydrogens is 901 g/mol. The number of rotatable bonds is 51. The molecule has 6 atom stereocenters. The van der Waals surface area contributed by atoms with Crippen LogP contribution in [0.15, 0.2) is 12.2 Å². The molecule has 1 saturated heterocycles. The number of allylic oxidation sites excluding steroid dienone is 2. The second-order valence-corrected chi connectivity index (χ2v) is 20.6. The summed E-state index contributed by atoms with van der Waals surface area (Å²) in [5.74, 6) is -3.09. The van der Waals surface area contributed by atoms with Crippen molar-refractivity contribution in [2.24, 2.45) is 0 Å². The van der Waals surface area contributed by atoms with Crippen LogP contribution in [0.3, 0.4) is 0 Å². The molecule has 0 saturated carbocycles. The second kappa shape index (κ2) is 48.4. The van der Waals surface area contributed by atoms with E-state index in [9.17, 15) is 34.5 Å². The molecule has 1 fully saturated rings. The highest BCUT2D eigenvalue weighted by atomic mass is 16.7. The first-order valence-electron chi connectivity index (χ1n) is 29.7. The highest BCUT2D eigenvalue weighted by Gasteiger charge is 2.50. The fourth-order valence-electron chi connectivity index (χ4n) is 9.25. The molecule has 1 aliphatic rings. The first kappa shape index (κ1) is 66.5. The van der Waals surface area contributed by atoms with E-state index in [1.807, 2.05) is 0 Å². The van der Waals surface area contributed by atoms with Gasteiger partial charge in [0.15, 0.2) is 24.6 Å². The first-order chi connectivity index (χ1) is 34.6. The van der Waals surface area contributed by atoms with Crippen molar-refractivity contribution in [3.8, 4) is 0 Å². The van der Waals surface area contributed by atoms with Crippen molar-refractivity contribution in [2.45, 2.75) is 327 Å². The highest BCUT2D eigenvalue weighted by molar-refractivity contribution is 5.74.